The highest BCUT2D eigenvalue weighted by molar-refractivity contribution is 5.82. The first-order valence-corrected chi connectivity index (χ1v) is 4.98. The van der Waals surface area contributed by atoms with Gasteiger partial charge in [0.1, 0.15) is 11.8 Å². The Morgan fingerprint density at radius 1 is 1.29 bits per heavy atom. The summed E-state index contributed by atoms with van der Waals surface area (Å²) in [7, 11) is 0. The molecular weight excluding hydrogens is 222 g/mol. The molecular formula is C8H9N9. The van der Waals surface area contributed by atoms with E-state index < -0.39 is 0 Å². The molecule has 9 heteroatoms. The lowest BCUT2D eigenvalue weighted by Crippen LogP contribution is -2.10. The number of nitrogens with one attached hydrogen (secondary N) is 3. The second-order valence-corrected chi connectivity index (χ2v) is 3.46. The number of H-pyrrole nitrogens is 2. The summed E-state index contributed by atoms with van der Waals surface area (Å²) >= 11 is 0. The number of hydrogen-bond acceptors (Lipinski definition) is 7. The van der Waals surface area contributed by atoms with Crippen molar-refractivity contribution in [3.05, 3.63) is 18.5 Å². The van der Waals surface area contributed by atoms with Crippen LogP contribution in [0.1, 0.15) is 18.8 Å². The van der Waals surface area contributed by atoms with Crippen LogP contribution < -0.4 is 5.32 Å². The van der Waals surface area contributed by atoms with E-state index in [1.807, 2.05) is 6.92 Å². The zero-order valence-corrected chi connectivity index (χ0v) is 8.92. The molecule has 1 unspecified atom stereocenters. The van der Waals surface area contributed by atoms with E-state index in [1.54, 1.807) is 6.33 Å². The number of aromatic nitrogens is 8. The molecule has 9 nitrogen and oxygen atoms in total. The second kappa shape index (κ2) is 3.77. The maximum Gasteiger partial charge on any atom is 0.196 e. The lowest BCUT2D eigenvalue weighted by Gasteiger charge is -2.10. The Labute approximate surface area is 95.1 Å². The van der Waals surface area contributed by atoms with Gasteiger partial charge in [-0.05, 0) is 6.92 Å². The van der Waals surface area contributed by atoms with E-state index in [2.05, 4.69) is 45.9 Å². The van der Waals surface area contributed by atoms with E-state index in [9.17, 15) is 0 Å². The Morgan fingerprint density at radius 2 is 2.24 bits per heavy atom. The van der Waals surface area contributed by atoms with Crippen LogP contribution >= 0.6 is 0 Å². The SMILES string of the molecule is CC(Nc1ncnc2nc[nH]c12)c1nn[nH]n1. The smallest absolute Gasteiger partial charge is 0.196 e. The van der Waals surface area contributed by atoms with Crippen LogP contribution in [-0.4, -0.2) is 40.6 Å². The van der Waals surface area contributed by atoms with Gasteiger partial charge in [0.25, 0.3) is 0 Å². The Kier molecular flexibility index (Phi) is 2.14. The van der Waals surface area contributed by atoms with E-state index >= 15 is 0 Å². The topological polar surface area (TPSA) is 121 Å². The quantitative estimate of drug-likeness (QED) is 0.581. The minimum Gasteiger partial charge on any atom is -0.358 e. The molecule has 3 N–H and O–H groups in total. The number of rotatable bonds is 3. The van der Waals surface area contributed by atoms with E-state index in [0.717, 1.165) is 5.52 Å². The average Bonchev–Trinajstić information content (AvgIpc) is 3.00. The molecule has 3 aromatic rings. The summed E-state index contributed by atoms with van der Waals surface area (Å²) in [5.41, 5.74) is 1.37. The number of tetrazole rings is 1. The molecule has 86 valence electrons. The lowest BCUT2D eigenvalue weighted by atomic mass is 10.3. The predicted octanol–water partition coefficient (Wildman–Crippen LogP) is 0.0391. The highest BCUT2D eigenvalue weighted by Gasteiger charge is 2.13. The number of hydrogen-bond donors (Lipinski definition) is 3. The van der Waals surface area contributed by atoms with Gasteiger partial charge in [0.2, 0.25) is 0 Å². The summed E-state index contributed by atoms with van der Waals surface area (Å²) in [6.07, 6.45) is 3.03. The fraction of sp³-hybridized carbons (Fsp3) is 0.250. The van der Waals surface area contributed by atoms with Gasteiger partial charge >= 0.3 is 0 Å². The Balaban J connectivity index is 1.92. The number of imidazole rings is 1. The maximum absolute atomic E-state index is 4.15. The van der Waals surface area contributed by atoms with Gasteiger partial charge in [0.05, 0.1) is 12.4 Å². The van der Waals surface area contributed by atoms with Crippen LogP contribution in [0.4, 0.5) is 5.82 Å². The maximum atomic E-state index is 4.15. The molecule has 3 heterocycles. The van der Waals surface area contributed by atoms with Gasteiger partial charge in [-0.1, -0.05) is 5.21 Å². The molecule has 1 atom stereocenters. The fourth-order valence-electron chi connectivity index (χ4n) is 1.50. The van der Waals surface area contributed by atoms with Gasteiger partial charge in [0, 0.05) is 0 Å². The molecule has 0 bridgehead atoms. The molecule has 0 saturated heterocycles. The third kappa shape index (κ3) is 1.67. The van der Waals surface area contributed by atoms with Crippen molar-refractivity contribution < 1.29 is 0 Å². The van der Waals surface area contributed by atoms with Crippen LogP contribution in [0.2, 0.25) is 0 Å². The van der Waals surface area contributed by atoms with Crippen LogP contribution in [0.3, 0.4) is 0 Å². The van der Waals surface area contributed by atoms with Crippen LogP contribution in [0.15, 0.2) is 12.7 Å². The number of nitrogens with zero attached hydrogens (tertiary/aromatic N) is 6. The van der Waals surface area contributed by atoms with Gasteiger partial charge in [0.15, 0.2) is 17.3 Å². The molecule has 0 aliphatic heterocycles. The third-order valence-electron chi connectivity index (χ3n) is 2.33. The zero-order valence-electron chi connectivity index (χ0n) is 8.92. The summed E-state index contributed by atoms with van der Waals surface area (Å²) in [6, 6.07) is -0.116. The number of fused-ring (bicyclic) bond motifs is 1. The van der Waals surface area contributed by atoms with Crippen LogP contribution in [0, 0.1) is 0 Å². The molecule has 0 aliphatic rings. The van der Waals surface area contributed by atoms with Crippen LogP contribution in [0.25, 0.3) is 11.2 Å². The summed E-state index contributed by atoms with van der Waals surface area (Å²) in [5.74, 6) is 1.22. The van der Waals surface area contributed by atoms with E-state index in [-0.39, 0.29) is 6.04 Å². The van der Waals surface area contributed by atoms with Crippen molar-refractivity contribution in [1.82, 2.24) is 40.6 Å². The minimum atomic E-state index is -0.116. The Hall–Kier alpha value is -2.58. The monoisotopic (exact) mass is 231 g/mol. The van der Waals surface area contributed by atoms with Gasteiger partial charge in [-0.25, -0.2) is 15.0 Å². The van der Waals surface area contributed by atoms with E-state index in [1.165, 1.54) is 6.33 Å². The first kappa shape index (κ1) is 9.63. The normalized spacial score (nSPS) is 12.8. The molecule has 0 amide bonds. The summed E-state index contributed by atoms with van der Waals surface area (Å²) in [6.45, 7) is 1.91. The summed E-state index contributed by atoms with van der Waals surface area (Å²) < 4.78 is 0. The van der Waals surface area contributed by atoms with Gasteiger partial charge < -0.3 is 10.3 Å². The zero-order chi connectivity index (χ0) is 11.7. The molecule has 0 fully saturated rings. The van der Waals surface area contributed by atoms with Gasteiger partial charge in [-0.15, -0.1) is 10.2 Å². The van der Waals surface area contributed by atoms with Crippen LogP contribution in [0.5, 0.6) is 0 Å². The van der Waals surface area contributed by atoms with E-state index in [0.29, 0.717) is 17.3 Å². The molecule has 0 aliphatic carbocycles. The van der Waals surface area contributed by atoms with Crippen molar-refractivity contribution in [3.8, 4) is 0 Å². The van der Waals surface area contributed by atoms with Gasteiger partial charge in [-0.3, -0.25) is 0 Å². The fourth-order valence-corrected chi connectivity index (χ4v) is 1.50. The molecule has 0 radical (unpaired) electrons. The predicted molar refractivity (Wildman–Crippen MR) is 57.9 cm³/mol. The minimum absolute atomic E-state index is 0.116. The van der Waals surface area contributed by atoms with E-state index in [4.69, 9.17) is 0 Å². The molecule has 0 spiro atoms. The highest BCUT2D eigenvalue weighted by Crippen LogP contribution is 2.19. The van der Waals surface area contributed by atoms with Crippen molar-refractivity contribution in [1.29, 1.82) is 0 Å². The molecule has 0 aromatic carbocycles. The average molecular weight is 231 g/mol. The molecule has 17 heavy (non-hydrogen) atoms. The van der Waals surface area contributed by atoms with Crippen molar-refractivity contribution in [2.45, 2.75) is 13.0 Å². The Morgan fingerprint density at radius 3 is 3.06 bits per heavy atom. The van der Waals surface area contributed by atoms with Gasteiger partial charge in [-0.2, -0.15) is 5.21 Å². The van der Waals surface area contributed by atoms with Crippen molar-refractivity contribution in [2.24, 2.45) is 0 Å². The summed E-state index contributed by atoms with van der Waals surface area (Å²) in [5, 5.41) is 16.9. The number of anilines is 1. The first-order chi connectivity index (χ1) is 8.34. The second-order valence-electron chi connectivity index (χ2n) is 3.46. The standard InChI is InChI=1S/C8H9N9/c1-4(6-14-16-17-15-6)13-8-5-7(10-2-9-5)11-3-12-8/h2-4H,1H3,(H,14,15,16,17)(H2,9,10,11,12,13). The summed E-state index contributed by atoms with van der Waals surface area (Å²) in [4.78, 5) is 15.2. The lowest BCUT2D eigenvalue weighted by molar-refractivity contribution is 0.788. The highest BCUT2D eigenvalue weighted by atomic mass is 15.5. The molecule has 0 saturated carbocycles. The van der Waals surface area contributed by atoms with Crippen molar-refractivity contribution in [2.75, 3.05) is 5.32 Å². The largest absolute Gasteiger partial charge is 0.358 e. The third-order valence-corrected chi connectivity index (χ3v) is 2.33. The first-order valence-electron chi connectivity index (χ1n) is 4.98. The van der Waals surface area contributed by atoms with Crippen LogP contribution in [-0.2, 0) is 0 Å². The number of aromatic amines is 2. The van der Waals surface area contributed by atoms with Crippen molar-refractivity contribution >= 4 is 17.0 Å². The molecule has 3 rings (SSSR count). The molecule has 3 aromatic heterocycles. The Bertz CT molecular complexity index is 613. The van der Waals surface area contributed by atoms with Crippen molar-refractivity contribution in [3.63, 3.8) is 0 Å².